The number of piperidine rings is 1. The fourth-order valence-corrected chi connectivity index (χ4v) is 4.36. The number of benzene rings is 3. The molecule has 4 rings (SSSR count). The molecule has 1 aliphatic rings. The lowest BCUT2D eigenvalue weighted by atomic mass is 10.0. The van der Waals surface area contributed by atoms with Crippen LogP contribution in [0.5, 0.6) is 0 Å². The summed E-state index contributed by atoms with van der Waals surface area (Å²) in [5, 5.41) is 3.17. The second kappa shape index (κ2) is 12.0. The monoisotopic (exact) mass is 468 g/mol. The number of ether oxygens (including phenoxy) is 1. The van der Waals surface area contributed by atoms with Crippen LogP contribution in [0.3, 0.4) is 0 Å². The van der Waals surface area contributed by atoms with Gasteiger partial charge in [-0.25, -0.2) is 4.79 Å². The van der Waals surface area contributed by atoms with Crippen molar-refractivity contribution in [2.75, 3.05) is 24.6 Å². The van der Waals surface area contributed by atoms with E-state index in [0.717, 1.165) is 41.2 Å². The Kier molecular flexibility index (Phi) is 8.34. The zero-order valence-electron chi connectivity index (χ0n) is 20.2. The van der Waals surface area contributed by atoms with Crippen LogP contribution in [0.1, 0.15) is 53.2 Å². The van der Waals surface area contributed by atoms with Crippen molar-refractivity contribution in [3.63, 3.8) is 0 Å². The Labute approximate surface area is 207 Å². The highest BCUT2D eigenvalue weighted by atomic mass is 16.5. The first-order valence-electron chi connectivity index (χ1n) is 12.3. The van der Waals surface area contributed by atoms with Crippen LogP contribution in [0.25, 0.3) is 11.8 Å². The Morgan fingerprint density at radius 2 is 1.57 bits per heavy atom. The summed E-state index contributed by atoms with van der Waals surface area (Å²) in [5.41, 5.74) is 5.29. The summed E-state index contributed by atoms with van der Waals surface area (Å²) in [7, 11) is 0. The molecule has 0 saturated carbocycles. The van der Waals surface area contributed by atoms with Gasteiger partial charge in [0.15, 0.2) is 0 Å². The Bertz CT molecular complexity index is 1160. The molecule has 0 unspecified atom stereocenters. The number of esters is 1. The predicted octanol–water partition coefficient (Wildman–Crippen LogP) is 5.71. The van der Waals surface area contributed by atoms with Gasteiger partial charge >= 0.3 is 5.97 Å². The maximum atomic E-state index is 13.1. The summed E-state index contributed by atoms with van der Waals surface area (Å²) in [6.07, 6.45) is 5.86. The van der Waals surface area contributed by atoms with Gasteiger partial charge in [0.05, 0.1) is 24.3 Å². The largest absolute Gasteiger partial charge is 0.462 e. The van der Waals surface area contributed by atoms with Gasteiger partial charge in [-0.3, -0.25) is 4.79 Å². The van der Waals surface area contributed by atoms with E-state index in [2.05, 4.69) is 28.4 Å². The molecule has 5 heteroatoms. The molecule has 35 heavy (non-hydrogen) atoms. The first kappa shape index (κ1) is 24.3. The number of hydrogen-bond donors (Lipinski definition) is 1. The van der Waals surface area contributed by atoms with E-state index in [0.29, 0.717) is 12.2 Å². The van der Waals surface area contributed by atoms with Gasteiger partial charge in [-0.05, 0) is 61.6 Å². The second-order valence-corrected chi connectivity index (χ2v) is 8.68. The van der Waals surface area contributed by atoms with E-state index in [1.165, 1.54) is 19.3 Å². The molecule has 1 saturated heterocycles. The van der Waals surface area contributed by atoms with E-state index < -0.39 is 0 Å². The van der Waals surface area contributed by atoms with Gasteiger partial charge in [-0.15, -0.1) is 0 Å². The fraction of sp³-hybridized carbons (Fsp3) is 0.267. The van der Waals surface area contributed by atoms with Crippen molar-refractivity contribution in [2.24, 2.45) is 0 Å². The average Bonchev–Trinajstić information content (AvgIpc) is 2.90. The van der Waals surface area contributed by atoms with Crippen molar-refractivity contribution in [1.29, 1.82) is 0 Å². The summed E-state index contributed by atoms with van der Waals surface area (Å²) < 4.78 is 5.04. The lowest BCUT2D eigenvalue weighted by molar-refractivity contribution is -0.119. The van der Waals surface area contributed by atoms with E-state index in [1.54, 1.807) is 31.2 Å². The zero-order valence-corrected chi connectivity index (χ0v) is 20.2. The minimum atomic E-state index is -0.356. The van der Waals surface area contributed by atoms with Gasteiger partial charge in [0.25, 0.3) is 0 Å². The molecule has 180 valence electrons. The first-order chi connectivity index (χ1) is 17.1. The minimum Gasteiger partial charge on any atom is -0.462 e. The number of carbonyl (C=O) groups is 2. The Morgan fingerprint density at radius 1 is 0.886 bits per heavy atom. The van der Waals surface area contributed by atoms with Gasteiger partial charge in [-0.2, -0.15) is 0 Å². The molecule has 0 aliphatic carbocycles. The van der Waals surface area contributed by atoms with E-state index >= 15 is 0 Å². The molecule has 1 amide bonds. The molecular formula is C30H32N2O3. The van der Waals surface area contributed by atoms with E-state index in [9.17, 15) is 9.59 Å². The molecule has 1 aliphatic heterocycles. The van der Waals surface area contributed by atoms with Crippen molar-refractivity contribution < 1.29 is 14.3 Å². The van der Waals surface area contributed by atoms with Crippen LogP contribution in [-0.2, 0) is 16.0 Å². The number of para-hydroxylation sites is 1. The number of anilines is 1. The summed E-state index contributed by atoms with van der Waals surface area (Å²) in [5.74, 6) is -0.463. The molecule has 0 aromatic heterocycles. The molecule has 0 atom stereocenters. The Balaban J connectivity index is 1.57. The highest BCUT2D eigenvalue weighted by Crippen LogP contribution is 2.29. The van der Waals surface area contributed by atoms with Gasteiger partial charge < -0.3 is 15.0 Å². The average molecular weight is 469 g/mol. The van der Waals surface area contributed by atoms with Crippen LogP contribution in [-0.4, -0.2) is 31.6 Å². The van der Waals surface area contributed by atoms with Crippen LogP contribution >= 0.6 is 0 Å². The van der Waals surface area contributed by atoms with Crippen molar-refractivity contribution in [2.45, 2.75) is 32.6 Å². The maximum Gasteiger partial charge on any atom is 0.338 e. The third kappa shape index (κ3) is 6.60. The van der Waals surface area contributed by atoms with Crippen LogP contribution in [0.4, 0.5) is 5.69 Å². The Hall–Kier alpha value is -3.86. The Morgan fingerprint density at radius 3 is 2.29 bits per heavy atom. The molecule has 3 aromatic carbocycles. The number of carbonyl (C=O) groups excluding carboxylic acids is 2. The standard InChI is InChI=1S/C30H32N2O3/c1-2-35-30(34)25-17-15-24(16-18-25)22-29(33)31-27(21-23-11-5-3-6-12-23)26-13-7-8-14-28(26)32-19-9-4-10-20-32/h3,5-8,11-18,21H,2,4,9-10,19-20,22H2,1H3,(H,31,33)/b27-21+. The molecule has 0 bridgehead atoms. The molecular weight excluding hydrogens is 436 g/mol. The number of rotatable bonds is 8. The van der Waals surface area contributed by atoms with Crippen LogP contribution < -0.4 is 10.2 Å². The third-order valence-corrected chi connectivity index (χ3v) is 6.11. The van der Waals surface area contributed by atoms with Gasteiger partial charge in [0.2, 0.25) is 5.91 Å². The molecule has 3 aromatic rings. The highest BCUT2D eigenvalue weighted by molar-refractivity contribution is 5.96. The maximum absolute atomic E-state index is 13.1. The normalized spacial score (nSPS) is 13.9. The molecule has 0 radical (unpaired) electrons. The van der Waals surface area contributed by atoms with Crippen LogP contribution in [0.15, 0.2) is 78.9 Å². The van der Waals surface area contributed by atoms with E-state index in [4.69, 9.17) is 4.74 Å². The second-order valence-electron chi connectivity index (χ2n) is 8.68. The van der Waals surface area contributed by atoms with Crippen molar-refractivity contribution in [1.82, 2.24) is 5.32 Å². The molecule has 5 nitrogen and oxygen atoms in total. The number of hydrogen-bond acceptors (Lipinski definition) is 4. The lowest BCUT2D eigenvalue weighted by Crippen LogP contribution is -2.31. The van der Waals surface area contributed by atoms with Crippen LogP contribution in [0, 0.1) is 0 Å². The SMILES string of the molecule is CCOC(=O)c1ccc(CC(=O)N/C(=C/c2ccccc2)c2ccccc2N2CCCCC2)cc1. The van der Waals surface area contributed by atoms with Gasteiger partial charge in [-0.1, -0.05) is 60.7 Å². The van der Waals surface area contributed by atoms with Crippen LogP contribution in [0.2, 0.25) is 0 Å². The zero-order chi connectivity index (χ0) is 24.5. The topological polar surface area (TPSA) is 58.6 Å². The lowest BCUT2D eigenvalue weighted by Gasteiger charge is -2.31. The van der Waals surface area contributed by atoms with Crippen molar-refractivity contribution in [3.05, 3.63) is 101 Å². The summed E-state index contributed by atoms with van der Waals surface area (Å²) in [6.45, 7) is 4.16. The fourth-order valence-electron chi connectivity index (χ4n) is 4.36. The predicted molar refractivity (Wildman–Crippen MR) is 141 cm³/mol. The smallest absolute Gasteiger partial charge is 0.338 e. The molecule has 1 fully saturated rings. The summed E-state index contributed by atoms with van der Waals surface area (Å²) >= 11 is 0. The number of amides is 1. The molecule has 1 N–H and O–H groups in total. The van der Waals surface area contributed by atoms with Crippen molar-refractivity contribution >= 4 is 29.3 Å². The first-order valence-corrected chi connectivity index (χ1v) is 12.3. The number of nitrogens with one attached hydrogen (secondary N) is 1. The summed E-state index contributed by atoms with van der Waals surface area (Å²) in [6, 6.07) is 25.3. The number of nitrogens with zero attached hydrogens (tertiary/aromatic N) is 1. The minimum absolute atomic E-state index is 0.107. The van der Waals surface area contributed by atoms with Gasteiger partial charge in [0, 0.05) is 24.3 Å². The van der Waals surface area contributed by atoms with E-state index in [-0.39, 0.29) is 18.3 Å². The molecule has 1 heterocycles. The quantitative estimate of drug-likeness (QED) is 0.340. The third-order valence-electron chi connectivity index (χ3n) is 6.11. The molecule has 0 spiro atoms. The van der Waals surface area contributed by atoms with Crippen molar-refractivity contribution in [3.8, 4) is 0 Å². The van der Waals surface area contributed by atoms with E-state index in [1.807, 2.05) is 42.5 Å². The van der Waals surface area contributed by atoms with Gasteiger partial charge in [0.1, 0.15) is 0 Å². The highest BCUT2D eigenvalue weighted by Gasteiger charge is 2.18. The summed E-state index contributed by atoms with van der Waals surface area (Å²) in [4.78, 5) is 27.5.